The Kier molecular flexibility index (Phi) is 15.4. The molecular weight excluding hydrogens is 144 g/mol. The molecule has 0 amide bonds. The summed E-state index contributed by atoms with van der Waals surface area (Å²) in [4.78, 5) is 0. The molecule has 0 rings (SSSR count). The van der Waals surface area contributed by atoms with Gasteiger partial charge in [0.2, 0.25) is 0 Å². The minimum absolute atomic E-state index is 0.344. The van der Waals surface area contributed by atoms with Gasteiger partial charge < -0.3 is 14.9 Å². The fourth-order valence-corrected chi connectivity index (χ4v) is 0.325. The lowest BCUT2D eigenvalue weighted by Gasteiger charge is -2.00. The molecule has 0 saturated heterocycles. The molecule has 0 aliphatic carbocycles. The molecule has 70 valence electrons. The molecule has 0 aliphatic rings. The van der Waals surface area contributed by atoms with Gasteiger partial charge in [-0.05, 0) is 12.8 Å². The summed E-state index contributed by atoms with van der Waals surface area (Å²) in [5, 5.41) is 16.5. The fraction of sp³-hybridized carbons (Fsp3) is 1.00. The van der Waals surface area contributed by atoms with E-state index >= 15 is 0 Å². The molecule has 0 aromatic carbocycles. The Morgan fingerprint density at radius 3 is 1.91 bits per heavy atom. The first-order valence-electron chi connectivity index (χ1n) is 4.04. The van der Waals surface area contributed by atoms with Crippen LogP contribution < -0.4 is 0 Å². The molecule has 0 spiro atoms. The second-order valence-corrected chi connectivity index (χ2v) is 2.18. The van der Waals surface area contributed by atoms with Crippen LogP contribution in [0.5, 0.6) is 0 Å². The van der Waals surface area contributed by atoms with E-state index in [0.717, 1.165) is 12.8 Å². The van der Waals surface area contributed by atoms with Gasteiger partial charge in [0.15, 0.2) is 6.29 Å². The van der Waals surface area contributed by atoms with E-state index in [9.17, 15) is 0 Å². The second kappa shape index (κ2) is 12.5. The van der Waals surface area contributed by atoms with E-state index in [2.05, 4.69) is 11.7 Å². The van der Waals surface area contributed by atoms with Crippen LogP contribution in [0.15, 0.2) is 0 Å². The van der Waals surface area contributed by atoms with Crippen molar-refractivity contribution in [2.75, 3.05) is 13.7 Å². The van der Waals surface area contributed by atoms with Gasteiger partial charge in [0, 0.05) is 13.7 Å². The highest BCUT2D eigenvalue weighted by molar-refractivity contribution is 4.26. The molecule has 0 aromatic heterocycles. The van der Waals surface area contributed by atoms with Crippen LogP contribution >= 0.6 is 0 Å². The molecule has 11 heavy (non-hydrogen) atoms. The Balaban J connectivity index is 0. The molecule has 1 atom stereocenters. The minimum atomic E-state index is -0.565. The predicted octanol–water partition coefficient (Wildman–Crippen LogP) is 1.14. The van der Waals surface area contributed by atoms with Crippen molar-refractivity contribution in [1.82, 2.24) is 0 Å². The normalized spacial score (nSPS) is 11.7. The molecule has 0 saturated carbocycles. The van der Waals surface area contributed by atoms with Crippen molar-refractivity contribution < 1.29 is 14.9 Å². The molecule has 0 radical (unpaired) electrons. The molecule has 3 heteroatoms. The topological polar surface area (TPSA) is 49.7 Å². The van der Waals surface area contributed by atoms with Gasteiger partial charge in [-0.1, -0.05) is 20.3 Å². The van der Waals surface area contributed by atoms with E-state index in [-0.39, 0.29) is 0 Å². The monoisotopic (exact) mass is 164 g/mol. The van der Waals surface area contributed by atoms with Crippen LogP contribution in [-0.2, 0) is 4.74 Å². The number of aliphatic hydroxyl groups is 2. The second-order valence-electron chi connectivity index (χ2n) is 2.18. The van der Waals surface area contributed by atoms with Crippen LogP contribution in [0.2, 0.25) is 0 Å². The van der Waals surface area contributed by atoms with Crippen molar-refractivity contribution in [3.8, 4) is 0 Å². The smallest absolute Gasteiger partial charge is 0.153 e. The van der Waals surface area contributed by atoms with Gasteiger partial charge in [-0.2, -0.15) is 0 Å². The zero-order valence-corrected chi connectivity index (χ0v) is 7.71. The first-order valence-corrected chi connectivity index (χ1v) is 4.04. The van der Waals surface area contributed by atoms with E-state index in [1.807, 2.05) is 6.92 Å². The molecular formula is C8H20O3. The maximum atomic E-state index is 8.44. The van der Waals surface area contributed by atoms with Crippen LogP contribution in [-0.4, -0.2) is 30.2 Å². The molecule has 0 aliphatic heterocycles. The van der Waals surface area contributed by atoms with Crippen molar-refractivity contribution >= 4 is 0 Å². The average molecular weight is 164 g/mol. The van der Waals surface area contributed by atoms with Crippen LogP contribution in [0.3, 0.4) is 0 Å². The summed E-state index contributed by atoms with van der Waals surface area (Å²) in [5.74, 6) is 0. The number of hydrogen-bond donors (Lipinski definition) is 2. The van der Waals surface area contributed by atoms with Crippen LogP contribution in [0.25, 0.3) is 0 Å². The summed E-state index contributed by atoms with van der Waals surface area (Å²) in [6, 6.07) is 0. The summed E-state index contributed by atoms with van der Waals surface area (Å²) >= 11 is 0. The van der Waals surface area contributed by atoms with Gasteiger partial charge in [0.25, 0.3) is 0 Å². The van der Waals surface area contributed by atoms with E-state index in [1.54, 1.807) is 0 Å². The van der Waals surface area contributed by atoms with Crippen molar-refractivity contribution in [2.24, 2.45) is 0 Å². The van der Waals surface area contributed by atoms with Gasteiger partial charge in [-0.15, -0.1) is 0 Å². The number of hydrogen-bond acceptors (Lipinski definition) is 3. The molecule has 2 N–H and O–H groups in total. The first kappa shape index (κ1) is 13.5. The van der Waals surface area contributed by atoms with Crippen molar-refractivity contribution in [3.63, 3.8) is 0 Å². The highest BCUT2D eigenvalue weighted by Crippen LogP contribution is 1.85. The lowest BCUT2D eigenvalue weighted by atomic mass is 10.4. The number of aliphatic hydroxyl groups excluding tert-OH is 2. The van der Waals surface area contributed by atoms with E-state index in [1.165, 1.54) is 7.11 Å². The van der Waals surface area contributed by atoms with E-state index in [0.29, 0.717) is 13.0 Å². The molecule has 0 bridgehead atoms. The Hall–Kier alpha value is -0.120. The number of unbranched alkanes of at least 4 members (excludes halogenated alkanes) is 1. The van der Waals surface area contributed by atoms with Crippen LogP contribution in [0.4, 0.5) is 0 Å². The molecule has 3 nitrogen and oxygen atoms in total. The Labute approximate surface area is 69.0 Å². The van der Waals surface area contributed by atoms with Gasteiger partial charge in [0.05, 0.1) is 0 Å². The average Bonchev–Trinajstić information content (AvgIpc) is 2.06. The predicted molar refractivity (Wildman–Crippen MR) is 45.3 cm³/mol. The maximum Gasteiger partial charge on any atom is 0.153 e. The van der Waals surface area contributed by atoms with Gasteiger partial charge in [-0.3, -0.25) is 0 Å². The standard InChI is InChI=1S/C4H10O2.C4H10O/c1-3-4(5)6-2;1-2-3-4-5/h4-5H,3H2,1-2H3;5H,2-4H2,1H3. The Morgan fingerprint density at radius 1 is 1.36 bits per heavy atom. The highest BCUT2D eigenvalue weighted by Gasteiger charge is 1.90. The molecule has 1 unspecified atom stereocenters. The van der Waals surface area contributed by atoms with Crippen LogP contribution in [0.1, 0.15) is 33.1 Å². The molecule has 0 fully saturated rings. The number of rotatable bonds is 4. The SMILES string of the molecule is CCC(O)OC.CCCCO. The quantitative estimate of drug-likeness (QED) is 0.613. The third-order valence-electron chi connectivity index (χ3n) is 1.13. The molecule has 0 aromatic rings. The number of methoxy groups -OCH3 is 1. The van der Waals surface area contributed by atoms with E-state index in [4.69, 9.17) is 10.2 Å². The summed E-state index contributed by atoms with van der Waals surface area (Å²) in [6.45, 7) is 4.25. The third-order valence-corrected chi connectivity index (χ3v) is 1.13. The summed E-state index contributed by atoms with van der Waals surface area (Å²) in [7, 11) is 1.48. The largest absolute Gasteiger partial charge is 0.396 e. The lowest BCUT2D eigenvalue weighted by Crippen LogP contribution is -2.05. The zero-order chi connectivity index (χ0) is 9.11. The zero-order valence-electron chi connectivity index (χ0n) is 7.71. The van der Waals surface area contributed by atoms with Crippen molar-refractivity contribution in [1.29, 1.82) is 0 Å². The summed E-state index contributed by atoms with van der Waals surface area (Å²) in [5.41, 5.74) is 0. The van der Waals surface area contributed by atoms with E-state index < -0.39 is 6.29 Å². The Morgan fingerprint density at radius 2 is 1.91 bits per heavy atom. The maximum absolute atomic E-state index is 8.44. The summed E-state index contributed by atoms with van der Waals surface area (Å²) in [6.07, 6.45) is 2.14. The summed E-state index contributed by atoms with van der Waals surface area (Å²) < 4.78 is 4.45. The lowest BCUT2D eigenvalue weighted by molar-refractivity contribution is -0.0748. The third kappa shape index (κ3) is 17.7. The molecule has 0 heterocycles. The first-order chi connectivity index (χ1) is 5.22. The Bertz CT molecular complexity index is 51.3. The van der Waals surface area contributed by atoms with Crippen molar-refractivity contribution in [2.45, 2.75) is 39.4 Å². The van der Waals surface area contributed by atoms with Crippen LogP contribution in [0, 0.1) is 0 Å². The van der Waals surface area contributed by atoms with Gasteiger partial charge >= 0.3 is 0 Å². The number of ether oxygens (including phenoxy) is 1. The fourth-order valence-electron chi connectivity index (χ4n) is 0.325. The van der Waals surface area contributed by atoms with Gasteiger partial charge in [0.1, 0.15) is 0 Å². The highest BCUT2D eigenvalue weighted by atomic mass is 16.6. The van der Waals surface area contributed by atoms with Gasteiger partial charge in [-0.25, -0.2) is 0 Å². The minimum Gasteiger partial charge on any atom is -0.396 e. The van der Waals surface area contributed by atoms with Crippen molar-refractivity contribution in [3.05, 3.63) is 0 Å².